The van der Waals surface area contributed by atoms with Crippen LogP contribution in [0.4, 0.5) is 4.39 Å². The fraction of sp³-hybridized carbons (Fsp3) is 0.417. The Labute approximate surface area is 103 Å². The van der Waals surface area contributed by atoms with Crippen LogP contribution >= 0.6 is 15.9 Å². The molecule has 0 saturated heterocycles. The number of Topliss-reactive ketones (excluding diaryl/α,β-unsaturated/α-hetero) is 1. The van der Waals surface area contributed by atoms with Crippen LogP contribution < -0.4 is 0 Å². The molecule has 2 nitrogen and oxygen atoms in total. The lowest BCUT2D eigenvalue weighted by atomic mass is 9.93. The van der Waals surface area contributed by atoms with E-state index >= 15 is 0 Å². The maximum atomic E-state index is 13.4. The molecule has 1 unspecified atom stereocenters. The first-order valence-corrected chi connectivity index (χ1v) is 5.85. The summed E-state index contributed by atoms with van der Waals surface area (Å²) in [6, 6.07) is 4.42. The third-order valence-corrected chi connectivity index (χ3v) is 3.14. The van der Waals surface area contributed by atoms with E-state index in [1.807, 2.05) is 0 Å². The molecule has 0 aliphatic carbocycles. The van der Waals surface area contributed by atoms with Crippen LogP contribution in [0, 0.1) is 5.82 Å². The van der Waals surface area contributed by atoms with Crippen molar-refractivity contribution in [2.45, 2.75) is 32.3 Å². The highest BCUT2D eigenvalue weighted by atomic mass is 79.9. The van der Waals surface area contributed by atoms with Crippen molar-refractivity contribution in [1.29, 1.82) is 0 Å². The number of halogens is 2. The molecule has 0 fully saturated rings. The van der Waals surface area contributed by atoms with Crippen molar-refractivity contribution in [3.8, 4) is 0 Å². The largest absolute Gasteiger partial charge is 0.382 e. The van der Waals surface area contributed by atoms with Crippen LogP contribution in [-0.2, 0) is 11.2 Å². The fourth-order valence-corrected chi connectivity index (χ4v) is 1.65. The van der Waals surface area contributed by atoms with Gasteiger partial charge in [-0.05, 0) is 37.1 Å². The number of hydrogen-bond acceptors (Lipinski definition) is 2. The molecular formula is C12H14BrFO2. The van der Waals surface area contributed by atoms with E-state index in [9.17, 15) is 14.3 Å². The molecule has 0 aromatic heterocycles. The first kappa shape index (κ1) is 13.3. The summed E-state index contributed by atoms with van der Waals surface area (Å²) in [5.74, 6) is -0.796. The van der Waals surface area contributed by atoms with Crippen molar-refractivity contribution in [3.63, 3.8) is 0 Å². The molecule has 1 aromatic carbocycles. The zero-order valence-electron chi connectivity index (χ0n) is 9.26. The molecule has 88 valence electrons. The average molecular weight is 289 g/mol. The standard InChI is InChI=1S/C12H14BrFO2/c1-3-12(2,16)11(15)7-8-6-9(13)4-5-10(8)14/h4-6,16H,3,7H2,1-2H3. The molecule has 0 heterocycles. The number of carbonyl (C=O) groups is 1. The second-order valence-electron chi connectivity index (χ2n) is 3.96. The van der Waals surface area contributed by atoms with Crippen molar-refractivity contribution in [2.24, 2.45) is 0 Å². The minimum atomic E-state index is -1.38. The van der Waals surface area contributed by atoms with Gasteiger partial charge in [-0.3, -0.25) is 4.79 Å². The van der Waals surface area contributed by atoms with Crippen LogP contribution in [0.25, 0.3) is 0 Å². The Morgan fingerprint density at radius 1 is 1.56 bits per heavy atom. The Morgan fingerprint density at radius 3 is 2.75 bits per heavy atom. The van der Waals surface area contributed by atoms with E-state index in [0.717, 1.165) is 0 Å². The van der Waals surface area contributed by atoms with Gasteiger partial charge in [0.15, 0.2) is 5.78 Å². The van der Waals surface area contributed by atoms with Crippen LogP contribution in [0.1, 0.15) is 25.8 Å². The quantitative estimate of drug-likeness (QED) is 0.925. The molecule has 1 N–H and O–H groups in total. The lowest BCUT2D eigenvalue weighted by Gasteiger charge is -2.19. The van der Waals surface area contributed by atoms with Crippen molar-refractivity contribution in [3.05, 3.63) is 34.1 Å². The van der Waals surface area contributed by atoms with Gasteiger partial charge in [0.2, 0.25) is 0 Å². The first-order chi connectivity index (χ1) is 7.36. The van der Waals surface area contributed by atoms with Gasteiger partial charge in [-0.15, -0.1) is 0 Å². The van der Waals surface area contributed by atoms with E-state index in [2.05, 4.69) is 15.9 Å². The summed E-state index contributed by atoms with van der Waals surface area (Å²) in [5.41, 5.74) is -1.08. The number of carbonyl (C=O) groups excluding carboxylic acids is 1. The van der Waals surface area contributed by atoms with Crippen molar-refractivity contribution >= 4 is 21.7 Å². The highest BCUT2D eigenvalue weighted by Gasteiger charge is 2.28. The lowest BCUT2D eigenvalue weighted by Crippen LogP contribution is -2.35. The SMILES string of the molecule is CCC(C)(O)C(=O)Cc1cc(Br)ccc1F. The van der Waals surface area contributed by atoms with Crippen LogP contribution in [-0.4, -0.2) is 16.5 Å². The average Bonchev–Trinajstić information content (AvgIpc) is 2.23. The number of aliphatic hydroxyl groups is 1. The number of rotatable bonds is 4. The van der Waals surface area contributed by atoms with Gasteiger partial charge in [-0.1, -0.05) is 22.9 Å². The summed E-state index contributed by atoms with van der Waals surface area (Å²) in [6.07, 6.45) is 0.230. The second-order valence-corrected chi connectivity index (χ2v) is 4.88. The summed E-state index contributed by atoms with van der Waals surface area (Å²) >= 11 is 3.21. The van der Waals surface area contributed by atoms with Gasteiger partial charge in [0.25, 0.3) is 0 Å². The molecule has 0 radical (unpaired) electrons. The Kier molecular flexibility index (Phi) is 4.21. The highest BCUT2D eigenvalue weighted by Crippen LogP contribution is 2.19. The lowest BCUT2D eigenvalue weighted by molar-refractivity contribution is -0.135. The molecule has 0 bridgehead atoms. The van der Waals surface area contributed by atoms with Gasteiger partial charge in [-0.25, -0.2) is 4.39 Å². The van der Waals surface area contributed by atoms with E-state index in [1.165, 1.54) is 13.0 Å². The summed E-state index contributed by atoms with van der Waals surface area (Å²) in [4.78, 5) is 11.7. The van der Waals surface area contributed by atoms with E-state index < -0.39 is 11.4 Å². The molecule has 16 heavy (non-hydrogen) atoms. The number of hydrogen-bond donors (Lipinski definition) is 1. The Morgan fingerprint density at radius 2 is 2.19 bits per heavy atom. The van der Waals surface area contributed by atoms with Crippen LogP contribution in [0.5, 0.6) is 0 Å². The van der Waals surface area contributed by atoms with Crippen LogP contribution in [0.2, 0.25) is 0 Å². The first-order valence-electron chi connectivity index (χ1n) is 5.06. The van der Waals surface area contributed by atoms with Crippen molar-refractivity contribution < 1.29 is 14.3 Å². The number of ketones is 1. The molecule has 0 aliphatic rings. The highest BCUT2D eigenvalue weighted by molar-refractivity contribution is 9.10. The van der Waals surface area contributed by atoms with Gasteiger partial charge < -0.3 is 5.11 Å². The molecule has 1 rings (SSSR count). The molecule has 4 heteroatoms. The van der Waals surface area contributed by atoms with Gasteiger partial charge >= 0.3 is 0 Å². The molecule has 0 saturated carbocycles. The smallest absolute Gasteiger partial charge is 0.168 e. The fourth-order valence-electron chi connectivity index (χ4n) is 1.24. The normalized spacial score (nSPS) is 14.6. The van der Waals surface area contributed by atoms with Crippen LogP contribution in [0.3, 0.4) is 0 Å². The summed E-state index contributed by atoms with van der Waals surface area (Å²) in [7, 11) is 0. The van der Waals surface area contributed by atoms with Gasteiger partial charge in [0, 0.05) is 10.9 Å². The predicted octanol–water partition coefficient (Wildman–Crippen LogP) is 2.86. The van der Waals surface area contributed by atoms with Gasteiger partial charge in [-0.2, -0.15) is 0 Å². The van der Waals surface area contributed by atoms with E-state index in [1.54, 1.807) is 19.1 Å². The summed E-state index contributed by atoms with van der Waals surface area (Å²) in [6.45, 7) is 3.17. The minimum Gasteiger partial charge on any atom is -0.382 e. The zero-order chi connectivity index (χ0) is 12.3. The molecule has 1 aromatic rings. The zero-order valence-corrected chi connectivity index (χ0v) is 10.8. The third-order valence-electron chi connectivity index (χ3n) is 2.65. The molecule has 0 aliphatic heterocycles. The maximum Gasteiger partial charge on any atom is 0.168 e. The van der Waals surface area contributed by atoms with Gasteiger partial charge in [0.05, 0.1) is 0 Å². The molecular weight excluding hydrogens is 275 g/mol. The number of benzene rings is 1. The van der Waals surface area contributed by atoms with Crippen LogP contribution in [0.15, 0.2) is 22.7 Å². The Hall–Kier alpha value is -0.740. The Bertz CT molecular complexity index is 402. The summed E-state index contributed by atoms with van der Waals surface area (Å²) in [5, 5.41) is 9.73. The Balaban J connectivity index is 2.89. The van der Waals surface area contributed by atoms with E-state index in [-0.39, 0.29) is 12.2 Å². The van der Waals surface area contributed by atoms with Crippen molar-refractivity contribution in [2.75, 3.05) is 0 Å². The minimum absolute atomic E-state index is 0.0912. The molecule has 0 amide bonds. The van der Waals surface area contributed by atoms with E-state index in [0.29, 0.717) is 16.5 Å². The second kappa shape index (κ2) is 5.06. The van der Waals surface area contributed by atoms with E-state index in [4.69, 9.17) is 0 Å². The topological polar surface area (TPSA) is 37.3 Å². The molecule has 0 spiro atoms. The van der Waals surface area contributed by atoms with Crippen molar-refractivity contribution in [1.82, 2.24) is 0 Å². The monoisotopic (exact) mass is 288 g/mol. The predicted molar refractivity (Wildman–Crippen MR) is 63.7 cm³/mol. The molecule has 1 atom stereocenters. The summed E-state index contributed by atoms with van der Waals surface area (Å²) < 4.78 is 14.1. The van der Waals surface area contributed by atoms with Gasteiger partial charge in [0.1, 0.15) is 11.4 Å². The third kappa shape index (κ3) is 3.12. The maximum absolute atomic E-state index is 13.4.